The molecule has 0 aliphatic heterocycles. The molecule has 0 unspecified atom stereocenters. The number of aryl methyl sites for hydroxylation is 1. The standard InChI is InChI=1S/C11H20N2OS/c1-8(2)12-6-5-7-13-9(3)10(4)15-11(13)14/h8,12H,5-7H2,1-4H3. The van der Waals surface area contributed by atoms with E-state index in [0.717, 1.165) is 30.1 Å². The van der Waals surface area contributed by atoms with Gasteiger partial charge in [0, 0.05) is 23.2 Å². The first-order chi connectivity index (χ1) is 7.02. The zero-order valence-corrected chi connectivity index (χ0v) is 10.8. The van der Waals surface area contributed by atoms with Crippen molar-refractivity contribution >= 4 is 11.3 Å². The monoisotopic (exact) mass is 228 g/mol. The second kappa shape index (κ2) is 5.47. The Bertz CT molecular complexity index is 365. The van der Waals surface area contributed by atoms with E-state index in [0.29, 0.717) is 6.04 Å². The molecule has 3 nitrogen and oxygen atoms in total. The quantitative estimate of drug-likeness (QED) is 0.781. The molecule has 1 aromatic heterocycles. The highest BCUT2D eigenvalue weighted by atomic mass is 32.1. The molecule has 86 valence electrons. The first-order valence-corrected chi connectivity index (χ1v) is 6.24. The van der Waals surface area contributed by atoms with Gasteiger partial charge in [-0.1, -0.05) is 25.2 Å². The fourth-order valence-corrected chi connectivity index (χ4v) is 2.33. The summed E-state index contributed by atoms with van der Waals surface area (Å²) >= 11 is 1.35. The van der Waals surface area contributed by atoms with Crippen LogP contribution in [0, 0.1) is 13.8 Å². The summed E-state index contributed by atoms with van der Waals surface area (Å²) in [6.07, 6.45) is 1.01. The average Bonchev–Trinajstić information content (AvgIpc) is 2.37. The van der Waals surface area contributed by atoms with Crippen molar-refractivity contribution in [3.63, 3.8) is 0 Å². The molecule has 0 amide bonds. The molecule has 0 radical (unpaired) electrons. The van der Waals surface area contributed by atoms with Gasteiger partial charge >= 0.3 is 4.87 Å². The predicted octanol–water partition coefficient (Wildman–Crippen LogP) is 1.91. The summed E-state index contributed by atoms with van der Waals surface area (Å²) in [7, 11) is 0. The van der Waals surface area contributed by atoms with Gasteiger partial charge in [-0.25, -0.2) is 0 Å². The molecular weight excluding hydrogens is 208 g/mol. The number of nitrogens with zero attached hydrogens (tertiary/aromatic N) is 1. The maximum atomic E-state index is 11.5. The number of thiazole rings is 1. The molecule has 0 atom stereocenters. The Kier molecular flexibility index (Phi) is 4.54. The zero-order valence-electron chi connectivity index (χ0n) is 9.96. The lowest BCUT2D eigenvalue weighted by molar-refractivity contribution is 0.529. The van der Waals surface area contributed by atoms with Crippen LogP contribution in [0.1, 0.15) is 30.8 Å². The second-order valence-corrected chi connectivity index (χ2v) is 5.29. The molecule has 0 aliphatic carbocycles. The highest BCUT2D eigenvalue weighted by Crippen LogP contribution is 2.09. The molecule has 0 spiro atoms. The summed E-state index contributed by atoms with van der Waals surface area (Å²) in [5, 5.41) is 3.35. The summed E-state index contributed by atoms with van der Waals surface area (Å²) < 4.78 is 1.88. The Morgan fingerprint density at radius 1 is 1.40 bits per heavy atom. The summed E-state index contributed by atoms with van der Waals surface area (Å²) in [6, 6.07) is 0.520. The molecule has 1 rings (SSSR count). The minimum absolute atomic E-state index is 0.176. The summed E-state index contributed by atoms with van der Waals surface area (Å²) in [4.78, 5) is 12.9. The van der Waals surface area contributed by atoms with Gasteiger partial charge in [0.1, 0.15) is 0 Å². The molecule has 0 aliphatic rings. The van der Waals surface area contributed by atoms with Crippen LogP contribution in [-0.4, -0.2) is 17.2 Å². The van der Waals surface area contributed by atoms with Crippen LogP contribution in [0.15, 0.2) is 4.79 Å². The molecule has 1 N–H and O–H groups in total. The van der Waals surface area contributed by atoms with Crippen molar-refractivity contribution in [2.45, 2.75) is 46.7 Å². The largest absolute Gasteiger partial charge is 0.314 e. The van der Waals surface area contributed by atoms with E-state index in [-0.39, 0.29) is 4.87 Å². The van der Waals surface area contributed by atoms with Crippen LogP contribution < -0.4 is 10.2 Å². The molecule has 0 saturated carbocycles. The van der Waals surface area contributed by atoms with Crippen LogP contribution in [-0.2, 0) is 6.54 Å². The van der Waals surface area contributed by atoms with Crippen molar-refractivity contribution in [3.05, 3.63) is 20.2 Å². The van der Waals surface area contributed by atoms with Gasteiger partial charge in [-0.2, -0.15) is 0 Å². The van der Waals surface area contributed by atoms with Crippen LogP contribution in [0.3, 0.4) is 0 Å². The minimum Gasteiger partial charge on any atom is -0.314 e. The SMILES string of the molecule is Cc1sc(=O)n(CCCNC(C)C)c1C. The molecule has 0 aromatic carbocycles. The first-order valence-electron chi connectivity index (χ1n) is 5.42. The Labute approximate surface area is 95.1 Å². The van der Waals surface area contributed by atoms with Crippen molar-refractivity contribution in [2.75, 3.05) is 6.54 Å². The summed E-state index contributed by atoms with van der Waals surface area (Å²) in [5.74, 6) is 0. The van der Waals surface area contributed by atoms with Gasteiger partial charge in [0.05, 0.1) is 0 Å². The van der Waals surface area contributed by atoms with Gasteiger partial charge in [0.25, 0.3) is 0 Å². The molecule has 0 fully saturated rings. The maximum absolute atomic E-state index is 11.5. The van der Waals surface area contributed by atoms with Gasteiger partial charge in [0.2, 0.25) is 0 Å². The number of hydrogen-bond acceptors (Lipinski definition) is 3. The second-order valence-electron chi connectivity index (χ2n) is 4.12. The van der Waals surface area contributed by atoms with Gasteiger partial charge in [-0.3, -0.25) is 4.79 Å². The molecule has 1 heterocycles. The van der Waals surface area contributed by atoms with E-state index in [2.05, 4.69) is 19.2 Å². The van der Waals surface area contributed by atoms with Crippen LogP contribution >= 0.6 is 11.3 Å². The van der Waals surface area contributed by atoms with Gasteiger partial charge in [0.15, 0.2) is 0 Å². The van der Waals surface area contributed by atoms with Crippen molar-refractivity contribution in [1.82, 2.24) is 9.88 Å². The van der Waals surface area contributed by atoms with Crippen LogP contribution in [0.4, 0.5) is 0 Å². The van der Waals surface area contributed by atoms with Crippen LogP contribution in [0.25, 0.3) is 0 Å². The lowest BCUT2D eigenvalue weighted by atomic mass is 10.3. The Morgan fingerprint density at radius 3 is 2.53 bits per heavy atom. The van der Waals surface area contributed by atoms with Gasteiger partial charge in [-0.15, -0.1) is 0 Å². The lowest BCUT2D eigenvalue weighted by Crippen LogP contribution is -2.25. The Hall–Kier alpha value is -0.610. The van der Waals surface area contributed by atoms with E-state index >= 15 is 0 Å². The Morgan fingerprint density at radius 2 is 2.07 bits per heavy atom. The van der Waals surface area contributed by atoms with Crippen molar-refractivity contribution < 1.29 is 0 Å². The predicted molar refractivity (Wildman–Crippen MR) is 65.8 cm³/mol. The van der Waals surface area contributed by atoms with Crippen molar-refractivity contribution in [1.29, 1.82) is 0 Å². The van der Waals surface area contributed by atoms with Crippen LogP contribution in [0.2, 0.25) is 0 Å². The van der Waals surface area contributed by atoms with E-state index in [9.17, 15) is 4.79 Å². The maximum Gasteiger partial charge on any atom is 0.307 e. The zero-order chi connectivity index (χ0) is 11.4. The minimum atomic E-state index is 0.176. The smallest absolute Gasteiger partial charge is 0.307 e. The molecule has 4 heteroatoms. The van der Waals surface area contributed by atoms with E-state index < -0.39 is 0 Å². The van der Waals surface area contributed by atoms with Gasteiger partial charge < -0.3 is 9.88 Å². The fourth-order valence-electron chi connectivity index (χ4n) is 1.47. The van der Waals surface area contributed by atoms with Crippen molar-refractivity contribution in [3.8, 4) is 0 Å². The summed E-state index contributed by atoms with van der Waals surface area (Å²) in [6.45, 7) is 10.1. The number of hydrogen-bond donors (Lipinski definition) is 1. The third-order valence-electron chi connectivity index (χ3n) is 2.49. The molecule has 1 aromatic rings. The van der Waals surface area contributed by atoms with Crippen LogP contribution in [0.5, 0.6) is 0 Å². The lowest BCUT2D eigenvalue weighted by Gasteiger charge is -2.08. The number of rotatable bonds is 5. The third kappa shape index (κ3) is 3.47. The highest BCUT2D eigenvalue weighted by molar-refractivity contribution is 7.09. The van der Waals surface area contributed by atoms with E-state index in [1.54, 1.807) is 0 Å². The summed E-state index contributed by atoms with van der Waals surface area (Å²) in [5.41, 5.74) is 1.12. The molecule has 0 saturated heterocycles. The normalized spacial score (nSPS) is 11.3. The highest BCUT2D eigenvalue weighted by Gasteiger charge is 2.06. The van der Waals surface area contributed by atoms with E-state index in [1.165, 1.54) is 11.3 Å². The third-order valence-corrected chi connectivity index (χ3v) is 3.48. The number of aromatic nitrogens is 1. The first kappa shape index (κ1) is 12.5. The topological polar surface area (TPSA) is 34.0 Å². The van der Waals surface area contributed by atoms with Crippen molar-refractivity contribution in [2.24, 2.45) is 0 Å². The van der Waals surface area contributed by atoms with E-state index in [4.69, 9.17) is 0 Å². The van der Waals surface area contributed by atoms with E-state index in [1.807, 2.05) is 18.4 Å². The average molecular weight is 228 g/mol. The Balaban J connectivity index is 2.47. The fraction of sp³-hybridized carbons (Fsp3) is 0.727. The molecular formula is C11H20N2OS. The van der Waals surface area contributed by atoms with Gasteiger partial charge in [-0.05, 0) is 26.8 Å². The number of nitrogens with one attached hydrogen (secondary N) is 1. The molecule has 0 bridgehead atoms. The molecule has 15 heavy (non-hydrogen) atoms.